The second-order valence-electron chi connectivity index (χ2n) is 5.36. The van der Waals surface area contributed by atoms with Gasteiger partial charge in [0.05, 0.1) is 17.6 Å². The van der Waals surface area contributed by atoms with E-state index in [1.807, 2.05) is 0 Å². The molecule has 0 saturated heterocycles. The topological polar surface area (TPSA) is 25.8 Å². The van der Waals surface area contributed by atoms with Gasteiger partial charge in [-0.1, -0.05) is 36.4 Å². The Hall–Kier alpha value is -1.32. The second-order valence-corrected chi connectivity index (χ2v) is 6.22. The summed E-state index contributed by atoms with van der Waals surface area (Å²) in [5, 5.41) is 2.33. The maximum Gasteiger partial charge on any atom is 0.136 e. The molecule has 0 unspecified atom stereocenters. The SMILES string of the molecule is Cc1cc(C)c(OCCC[NH2+]Cc2ccccc2)c(Br)c1. The fraction of sp³-hybridized carbons (Fsp3) is 0.333. The first kappa shape index (κ1) is 16.1. The van der Waals surface area contributed by atoms with E-state index in [9.17, 15) is 0 Å². The molecule has 0 aliphatic rings. The summed E-state index contributed by atoms with van der Waals surface area (Å²) in [5.41, 5.74) is 3.81. The number of quaternary nitrogens is 1. The quantitative estimate of drug-likeness (QED) is 0.760. The first-order chi connectivity index (χ1) is 10.2. The van der Waals surface area contributed by atoms with Gasteiger partial charge < -0.3 is 10.1 Å². The lowest BCUT2D eigenvalue weighted by Crippen LogP contribution is -2.82. The number of aryl methyl sites for hydroxylation is 2. The van der Waals surface area contributed by atoms with Crippen LogP contribution in [0.25, 0.3) is 0 Å². The van der Waals surface area contributed by atoms with Gasteiger partial charge >= 0.3 is 0 Å². The maximum atomic E-state index is 5.91. The van der Waals surface area contributed by atoms with E-state index in [0.717, 1.165) is 36.3 Å². The molecule has 112 valence electrons. The molecule has 0 saturated carbocycles. The summed E-state index contributed by atoms with van der Waals surface area (Å²) in [6.07, 6.45) is 1.05. The summed E-state index contributed by atoms with van der Waals surface area (Å²) in [6.45, 7) is 7.06. The van der Waals surface area contributed by atoms with Crippen LogP contribution >= 0.6 is 15.9 Å². The molecule has 0 bridgehead atoms. The molecule has 0 fully saturated rings. The van der Waals surface area contributed by atoms with Gasteiger partial charge in [-0.05, 0) is 47.0 Å². The van der Waals surface area contributed by atoms with Crippen LogP contribution in [0.2, 0.25) is 0 Å². The number of hydrogen-bond donors (Lipinski definition) is 1. The molecule has 21 heavy (non-hydrogen) atoms. The van der Waals surface area contributed by atoms with Crippen LogP contribution in [0, 0.1) is 13.8 Å². The van der Waals surface area contributed by atoms with Crippen LogP contribution in [0.1, 0.15) is 23.1 Å². The third-order valence-electron chi connectivity index (χ3n) is 3.40. The number of ether oxygens (including phenoxy) is 1. The smallest absolute Gasteiger partial charge is 0.136 e. The molecule has 0 amide bonds. The number of halogens is 1. The summed E-state index contributed by atoms with van der Waals surface area (Å²) in [7, 11) is 0. The normalized spacial score (nSPS) is 10.6. The second kappa shape index (κ2) is 8.20. The van der Waals surface area contributed by atoms with Gasteiger partial charge in [0.2, 0.25) is 0 Å². The number of rotatable bonds is 7. The van der Waals surface area contributed by atoms with E-state index < -0.39 is 0 Å². The Morgan fingerprint density at radius 2 is 1.86 bits per heavy atom. The van der Waals surface area contributed by atoms with Crippen molar-refractivity contribution in [2.24, 2.45) is 0 Å². The van der Waals surface area contributed by atoms with E-state index in [1.165, 1.54) is 16.7 Å². The zero-order valence-electron chi connectivity index (χ0n) is 12.7. The van der Waals surface area contributed by atoms with Crippen LogP contribution in [-0.2, 0) is 6.54 Å². The van der Waals surface area contributed by atoms with Crippen LogP contribution in [0.5, 0.6) is 5.75 Å². The highest BCUT2D eigenvalue weighted by Gasteiger charge is 2.06. The Balaban J connectivity index is 1.68. The van der Waals surface area contributed by atoms with Crippen molar-refractivity contribution in [2.75, 3.05) is 13.2 Å². The molecular formula is C18H23BrNO+. The van der Waals surface area contributed by atoms with Gasteiger partial charge in [0.25, 0.3) is 0 Å². The van der Waals surface area contributed by atoms with Crippen LogP contribution in [-0.4, -0.2) is 13.2 Å². The lowest BCUT2D eigenvalue weighted by Gasteiger charge is -2.11. The standard InChI is InChI=1S/C18H22BrNO/c1-14-11-15(2)18(17(19)12-14)21-10-6-9-20-13-16-7-4-3-5-8-16/h3-5,7-8,11-12,20H,6,9-10,13H2,1-2H3/p+1. The van der Waals surface area contributed by atoms with Crippen LogP contribution in [0.3, 0.4) is 0 Å². The molecule has 0 spiro atoms. The third-order valence-corrected chi connectivity index (χ3v) is 3.98. The molecule has 3 heteroatoms. The Labute approximate surface area is 135 Å². The van der Waals surface area contributed by atoms with Gasteiger partial charge in [-0.25, -0.2) is 0 Å². The average molecular weight is 349 g/mol. The minimum atomic E-state index is 0.758. The highest BCUT2D eigenvalue weighted by atomic mass is 79.9. The summed E-state index contributed by atoms with van der Waals surface area (Å²) < 4.78 is 6.96. The van der Waals surface area contributed by atoms with Crippen molar-refractivity contribution in [3.8, 4) is 5.75 Å². The molecule has 2 aromatic rings. The summed E-state index contributed by atoms with van der Waals surface area (Å²) >= 11 is 3.58. The highest BCUT2D eigenvalue weighted by molar-refractivity contribution is 9.10. The predicted molar refractivity (Wildman–Crippen MR) is 90.7 cm³/mol. The molecule has 0 atom stereocenters. The summed E-state index contributed by atoms with van der Waals surface area (Å²) in [5.74, 6) is 0.976. The van der Waals surface area contributed by atoms with E-state index in [1.54, 1.807) is 0 Å². The van der Waals surface area contributed by atoms with Crippen molar-refractivity contribution in [2.45, 2.75) is 26.8 Å². The van der Waals surface area contributed by atoms with Crippen LogP contribution < -0.4 is 10.1 Å². The molecule has 0 aliphatic heterocycles. The fourth-order valence-corrected chi connectivity index (χ4v) is 3.16. The highest BCUT2D eigenvalue weighted by Crippen LogP contribution is 2.30. The van der Waals surface area contributed by atoms with E-state index in [4.69, 9.17) is 4.74 Å². The Morgan fingerprint density at radius 3 is 2.57 bits per heavy atom. The molecule has 2 aromatic carbocycles. The molecule has 2 nitrogen and oxygen atoms in total. The lowest BCUT2D eigenvalue weighted by molar-refractivity contribution is -0.671. The number of benzene rings is 2. The van der Waals surface area contributed by atoms with Gasteiger partial charge in [0.1, 0.15) is 12.3 Å². The van der Waals surface area contributed by atoms with Gasteiger partial charge in [0.15, 0.2) is 0 Å². The number of nitrogens with two attached hydrogens (primary N) is 1. The molecule has 0 heterocycles. The Kier molecular flexibility index (Phi) is 6.27. The molecular weight excluding hydrogens is 326 g/mol. The van der Waals surface area contributed by atoms with E-state index in [-0.39, 0.29) is 0 Å². The molecule has 2 rings (SSSR count). The minimum absolute atomic E-state index is 0.758. The van der Waals surface area contributed by atoms with Crippen molar-refractivity contribution in [1.29, 1.82) is 0 Å². The van der Waals surface area contributed by atoms with Gasteiger partial charge in [-0.15, -0.1) is 0 Å². The van der Waals surface area contributed by atoms with Crippen molar-refractivity contribution < 1.29 is 10.1 Å². The van der Waals surface area contributed by atoms with Crippen molar-refractivity contribution in [3.63, 3.8) is 0 Å². The number of hydrogen-bond acceptors (Lipinski definition) is 1. The first-order valence-corrected chi connectivity index (χ1v) is 8.21. The van der Waals surface area contributed by atoms with E-state index in [0.29, 0.717) is 0 Å². The largest absolute Gasteiger partial charge is 0.492 e. The van der Waals surface area contributed by atoms with E-state index in [2.05, 4.69) is 77.6 Å². The average Bonchev–Trinajstić information content (AvgIpc) is 2.45. The fourth-order valence-electron chi connectivity index (χ4n) is 2.37. The molecule has 0 radical (unpaired) electrons. The Bertz CT molecular complexity index is 546. The van der Waals surface area contributed by atoms with Crippen molar-refractivity contribution in [1.82, 2.24) is 0 Å². The monoisotopic (exact) mass is 348 g/mol. The maximum absolute atomic E-state index is 5.91. The lowest BCUT2D eigenvalue weighted by atomic mass is 10.1. The van der Waals surface area contributed by atoms with Gasteiger partial charge in [-0.3, -0.25) is 0 Å². The molecule has 2 N–H and O–H groups in total. The van der Waals surface area contributed by atoms with Crippen LogP contribution in [0.4, 0.5) is 0 Å². The molecule has 0 aliphatic carbocycles. The predicted octanol–water partition coefficient (Wildman–Crippen LogP) is 3.60. The zero-order valence-corrected chi connectivity index (χ0v) is 14.3. The Morgan fingerprint density at radius 1 is 1.10 bits per heavy atom. The minimum Gasteiger partial charge on any atom is -0.492 e. The first-order valence-electron chi connectivity index (χ1n) is 7.42. The van der Waals surface area contributed by atoms with E-state index >= 15 is 0 Å². The van der Waals surface area contributed by atoms with Crippen molar-refractivity contribution in [3.05, 3.63) is 63.6 Å². The molecule has 0 aromatic heterocycles. The summed E-state index contributed by atoms with van der Waals surface area (Å²) in [4.78, 5) is 0. The van der Waals surface area contributed by atoms with Gasteiger partial charge in [0, 0.05) is 12.0 Å². The van der Waals surface area contributed by atoms with Crippen LogP contribution in [0.15, 0.2) is 46.9 Å². The zero-order chi connectivity index (χ0) is 15.1. The summed E-state index contributed by atoms with van der Waals surface area (Å²) in [6, 6.07) is 14.8. The van der Waals surface area contributed by atoms with Gasteiger partial charge in [-0.2, -0.15) is 0 Å². The third kappa shape index (κ3) is 5.18. The van der Waals surface area contributed by atoms with Crippen molar-refractivity contribution >= 4 is 15.9 Å².